The standard InChI is InChI=1S/C27H28ClNO5S/c1-15(9-16-5-6-18(31)11-22(16)28)4-7-23-24-17(13-30)10-20-25(21(24)14-34-23)27(33)29(26(20)32)12-19-3-2-8-35-19/h2-3,5-6,8-9,11,20-21,23,25,30-31H,4,7,10,12-14H2,1H3/b15-9+/t20-,21+,23-,25-/m1/s1. The largest absolute Gasteiger partial charge is 0.508 e. The van der Waals surface area contributed by atoms with Gasteiger partial charge in [0.15, 0.2) is 0 Å². The van der Waals surface area contributed by atoms with E-state index in [1.165, 1.54) is 22.3 Å². The zero-order valence-corrected chi connectivity index (χ0v) is 21.0. The van der Waals surface area contributed by atoms with Gasteiger partial charge in [-0.1, -0.05) is 29.3 Å². The quantitative estimate of drug-likeness (QED) is 0.410. The topological polar surface area (TPSA) is 87.1 Å². The first-order valence-electron chi connectivity index (χ1n) is 11.8. The van der Waals surface area contributed by atoms with Crippen LogP contribution < -0.4 is 0 Å². The molecule has 2 saturated heterocycles. The van der Waals surface area contributed by atoms with Gasteiger partial charge < -0.3 is 14.9 Å². The van der Waals surface area contributed by atoms with Crippen molar-refractivity contribution in [3.8, 4) is 5.75 Å². The number of ether oxygens (including phenoxy) is 1. The van der Waals surface area contributed by atoms with Crippen LogP contribution in [-0.4, -0.2) is 46.2 Å². The number of rotatable bonds is 7. The van der Waals surface area contributed by atoms with Crippen molar-refractivity contribution in [3.63, 3.8) is 0 Å². The summed E-state index contributed by atoms with van der Waals surface area (Å²) in [6, 6.07) is 8.76. The number of carbonyl (C=O) groups is 2. The average molecular weight is 514 g/mol. The normalized spacial score (nSPS) is 26.5. The van der Waals surface area contributed by atoms with Gasteiger partial charge in [-0.2, -0.15) is 0 Å². The minimum absolute atomic E-state index is 0.116. The van der Waals surface area contributed by atoms with Gasteiger partial charge >= 0.3 is 0 Å². The van der Waals surface area contributed by atoms with Gasteiger partial charge in [-0.25, -0.2) is 0 Å². The molecule has 3 aliphatic rings. The van der Waals surface area contributed by atoms with Crippen molar-refractivity contribution in [3.05, 3.63) is 67.9 Å². The Kier molecular flexibility index (Phi) is 6.86. The number of thiophene rings is 1. The van der Waals surface area contributed by atoms with Gasteiger partial charge in [0, 0.05) is 10.8 Å². The number of hydrogen-bond acceptors (Lipinski definition) is 6. The minimum Gasteiger partial charge on any atom is -0.508 e. The van der Waals surface area contributed by atoms with Gasteiger partial charge in [-0.05, 0) is 72.5 Å². The van der Waals surface area contributed by atoms with Crippen molar-refractivity contribution >= 4 is 40.8 Å². The predicted molar refractivity (Wildman–Crippen MR) is 135 cm³/mol. The van der Waals surface area contributed by atoms with E-state index in [-0.39, 0.29) is 36.2 Å². The first-order valence-corrected chi connectivity index (χ1v) is 13.1. The third kappa shape index (κ3) is 4.58. The van der Waals surface area contributed by atoms with Crippen LogP contribution in [0.4, 0.5) is 0 Å². The molecule has 35 heavy (non-hydrogen) atoms. The molecule has 2 aliphatic heterocycles. The number of halogens is 1. The summed E-state index contributed by atoms with van der Waals surface area (Å²) in [5.74, 6) is -1.12. The number of fused-ring (bicyclic) bond motifs is 3. The van der Waals surface area contributed by atoms with Gasteiger partial charge in [-0.15, -0.1) is 11.3 Å². The Balaban J connectivity index is 1.32. The smallest absolute Gasteiger partial charge is 0.234 e. The number of phenols is 1. The maximum absolute atomic E-state index is 13.4. The van der Waals surface area contributed by atoms with Crippen molar-refractivity contribution in [2.75, 3.05) is 13.2 Å². The molecule has 1 aromatic carbocycles. The van der Waals surface area contributed by atoms with E-state index < -0.39 is 11.8 Å². The maximum Gasteiger partial charge on any atom is 0.234 e. The third-order valence-electron chi connectivity index (χ3n) is 7.37. The Bertz CT molecular complexity index is 1200. The molecule has 8 heteroatoms. The molecule has 1 aromatic heterocycles. The number of amides is 2. The Morgan fingerprint density at radius 1 is 1.26 bits per heavy atom. The van der Waals surface area contributed by atoms with E-state index in [9.17, 15) is 19.8 Å². The molecule has 184 valence electrons. The van der Waals surface area contributed by atoms with E-state index in [1.807, 2.05) is 30.5 Å². The molecular formula is C27H28ClNO5S. The lowest BCUT2D eigenvalue weighted by atomic mass is 9.69. The van der Waals surface area contributed by atoms with Crippen LogP contribution in [0.3, 0.4) is 0 Å². The summed E-state index contributed by atoms with van der Waals surface area (Å²) in [6.07, 6.45) is 3.69. The Morgan fingerprint density at radius 3 is 2.80 bits per heavy atom. The Labute approximate surface area is 213 Å². The third-order valence-corrected chi connectivity index (χ3v) is 8.56. The van der Waals surface area contributed by atoms with E-state index in [0.717, 1.165) is 33.6 Å². The van der Waals surface area contributed by atoms with Crippen LogP contribution in [0, 0.1) is 17.8 Å². The second-order valence-electron chi connectivity index (χ2n) is 9.56. The van der Waals surface area contributed by atoms with E-state index in [4.69, 9.17) is 16.3 Å². The number of hydrogen-bond donors (Lipinski definition) is 2. The van der Waals surface area contributed by atoms with E-state index in [2.05, 4.69) is 0 Å². The lowest BCUT2D eigenvalue weighted by Gasteiger charge is -2.31. The van der Waals surface area contributed by atoms with Crippen LogP contribution in [0.25, 0.3) is 6.08 Å². The van der Waals surface area contributed by atoms with E-state index in [0.29, 0.717) is 31.0 Å². The molecule has 6 nitrogen and oxygen atoms in total. The van der Waals surface area contributed by atoms with Crippen LogP contribution >= 0.6 is 22.9 Å². The highest BCUT2D eigenvalue weighted by Crippen LogP contribution is 2.50. The molecule has 5 rings (SSSR count). The molecule has 4 atom stereocenters. The van der Waals surface area contributed by atoms with Crippen molar-refractivity contribution in [1.82, 2.24) is 4.90 Å². The Morgan fingerprint density at radius 2 is 2.09 bits per heavy atom. The summed E-state index contributed by atoms with van der Waals surface area (Å²) in [7, 11) is 0. The molecule has 2 N–H and O–H groups in total. The van der Waals surface area contributed by atoms with Crippen molar-refractivity contribution in [2.45, 2.75) is 38.8 Å². The lowest BCUT2D eigenvalue weighted by Crippen LogP contribution is -2.34. The SMILES string of the molecule is C/C(=C\c1ccc(O)cc1Cl)CC[C@H]1OC[C@H]2C1=C(CO)C[C@H]1C(=O)N(Cc3cccs3)C(=O)[C@H]12. The average Bonchev–Trinajstić information content (AvgIpc) is 3.55. The summed E-state index contributed by atoms with van der Waals surface area (Å²) in [5.41, 5.74) is 3.81. The first kappa shape index (κ1) is 24.3. The van der Waals surface area contributed by atoms with Crippen molar-refractivity contribution in [1.29, 1.82) is 0 Å². The number of likely N-dealkylation sites (tertiary alicyclic amines) is 1. The number of allylic oxidation sites excluding steroid dienone is 1. The summed E-state index contributed by atoms with van der Waals surface area (Å²) < 4.78 is 6.17. The van der Waals surface area contributed by atoms with Crippen LogP contribution in [0.2, 0.25) is 5.02 Å². The van der Waals surface area contributed by atoms with Crippen LogP contribution in [-0.2, 0) is 20.9 Å². The number of carbonyl (C=O) groups excluding carboxylic acids is 2. The highest BCUT2D eigenvalue weighted by Gasteiger charge is 2.56. The number of aliphatic hydroxyl groups excluding tert-OH is 1. The highest BCUT2D eigenvalue weighted by atomic mass is 35.5. The van der Waals surface area contributed by atoms with Gasteiger partial charge in [0.05, 0.1) is 42.7 Å². The molecule has 0 spiro atoms. The van der Waals surface area contributed by atoms with E-state index >= 15 is 0 Å². The molecule has 0 unspecified atom stereocenters. The number of nitrogens with zero attached hydrogens (tertiary/aromatic N) is 1. The maximum atomic E-state index is 13.4. The number of benzene rings is 1. The molecule has 0 bridgehead atoms. The molecule has 0 saturated carbocycles. The number of imide groups is 1. The second kappa shape index (κ2) is 9.90. The molecule has 2 amide bonds. The monoisotopic (exact) mass is 513 g/mol. The fourth-order valence-corrected chi connectivity index (χ4v) is 6.65. The van der Waals surface area contributed by atoms with Crippen molar-refractivity contribution in [2.24, 2.45) is 17.8 Å². The second-order valence-corrected chi connectivity index (χ2v) is 11.0. The zero-order chi connectivity index (χ0) is 24.7. The van der Waals surface area contributed by atoms with Crippen LogP contribution in [0.15, 0.2) is 52.4 Å². The zero-order valence-electron chi connectivity index (χ0n) is 19.4. The van der Waals surface area contributed by atoms with E-state index in [1.54, 1.807) is 12.1 Å². The molecule has 2 aromatic rings. The van der Waals surface area contributed by atoms with Crippen LogP contribution in [0.5, 0.6) is 5.75 Å². The number of aromatic hydroxyl groups is 1. The van der Waals surface area contributed by atoms with Gasteiger partial charge in [-0.3, -0.25) is 14.5 Å². The molecule has 2 fully saturated rings. The summed E-state index contributed by atoms with van der Waals surface area (Å²) in [5, 5.41) is 22.2. The fraction of sp³-hybridized carbons (Fsp3) is 0.407. The van der Waals surface area contributed by atoms with Crippen molar-refractivity contribution < 1.29 is 24.5 Å². The summed E-state index contributed by atoms with van der Waals surface area (Å²) in [6.45, 7) is 2.60. The van der Waals surface area contributed by atoms with Gasteiger partial charge in [0.2, 0.25) is 11.8 Å². The highest BCUT2D eigenvalue weighted by molar-refractivity contribution is 7.09. The number of aliphatic hydroxyl groups is 1. The number of phenolic OH excluding ortho intramolecular Hbond substituents is 1. The molecular weight excluding hydrogens is 486 g/mol. The Hall–Kier alpha value is -2.45. The van der Waals surface area contributed by atoms with Crippen LogP contribution in [0.1, 0.15) is 36.6 Å². The molecule has 3 heterocycles. The predicted octanol–water partition coefficient (Wildman–Crippen LogP) is 4.80. The minimum atomic E-state index is -0.418. The molecule has 1 aliphatic carbocycles. The summed E-state index contributed by atoms with van der Waals surface area (Å²) in [4.78, 5) is 28.9. The first-order chi connectivity index (χ1) is 16.9. The van der Waals surface area contributed by atoms with Gasteiger partial charge in [0.25, 0.3) is 0 Å². The summed E-state index contributed by atoms with van der Waals surface area (Å²) >= 11 is 7.77. The molecule has 0 radical (unpaired) electrons. The van der Waals surface area contributed by atoms with Gasteiger partial charge in [0.1, 0.15) is 5.75 Å². The fourth-order valence-electron chi connectivity index (χ4n) is 5.73. The lowest BCUT2D eigenvalue weighted by molar-refractivity contribution is -0.140.